The van der Waals surface area contributed by atoms with Gasteiger partial charge in [0.2, 0.25) is 11.8 Å². The minimum Gasteiger partial charge on any atom is -0.384 e. The van der Waals surface area contributed by atoms with Crippen molar-refractivity contribution in [1.82, 2.24) is 15.2 Å². The highest BCUT2D eigenvalue weighted by Gasteiger charge is 2.48. The van der Waals surface area contributed by atoms with E-state index >= 15 is 0 Å². The highest BCUT2D eigenvalue weighted by Crippen LogP contribution is 2.43. The second kappa shape index (κ2) is 8.67. The lowest BCUT2D eigenvalue weighted by Crippen LogP contribution is -2.60. The van der Waals surface area contributed by atoms with E-state index in [9.17, 15) is 9.59 Å². The zero-order chi connectivity index (χ0) is 19.3. The highest BCUT2D eigenvalue weighted by atomic mass is 32.1. The van der Waals surface area contributed by atoms with E-state index < -0.39 is 5.60 Å². The van der Waals surface area contributed by atoms with Crippen LogP contribution < -0.4 is 5.32 Å². The first-order valence-electron chi connectivity index (χ1n) is 9.52. The summed E-state index contributed by atoms with van der Waals surface area (Å²) < 4.78 is 11.2. The molecule has 1 aromatic rings. The summed E-state index contributed by atoms with van der Waals surface area (Å²) in [5.41, 5.74) is 1.79. The molecule has 2 aliphatic rings. The topological polar surface area (TPSA) is 80.8 Å². The molecule has 0 spiro atoms. The number of nitrogens with zero attached hydrogens (tertiary/aromatic N) is 2. The van der Waals surface area contributed by atoms with Gasteiger partial charge in [-0.3, -0.25) is 9.59 Å². The molecule has 1 aliphatic carbocycles. The number of hydrogen-bond acceptors (Lipinski definition) is 6. The van der Waals surface area contributed by atoms with Crippen LogP contribution in [0.4, 0.5) is 0 Å². The van der Waals surface area contributed by atoms with E-state index in [1.54, 1.807) is 12.6 Å². The molecule has 2 amide bonds. The molecule has 2 heterocycles. The number of methoxy groups -OCH3 is 1. The van der Waals surface area contributed by atoms with Crippen molar-refractivity contribution in [3.63, 3.8) is 0 Å². The Morgan fingerprint density at radius 2 is 2.26 bits per heavy atom. The van der Waals surface area contributed by atoms with Gasteiger partial charge < -0.3 is 19.7 Å². The van der Waals surface area contributed by atoms with Crippen LogP contribution in [0.25, 0.3) is 0 Å². The predicted molar refractivity (Wildman–Crippen MR) is 103 cm³/mol. The lowest BCUT2D eigenvalue weighted by atomic mass is 9.68. The number of carbonyl (C=O) groups excluding carboxylic acids is 2. The maximum absolute atomic E-state index is 13.0. The summed E-state index contributed by atoms with van der Waals surface area (Å²) in [6, 6.07) is 0. The number of nitrogens with one attached hydrogen (secondary N) is 1. The van der Waals surface area contributed by atoms with Gasteiger partial charge in [0.1, 0.15) is 5.60 Å². The molecule has 0 aromatic carbocycles. The SMILES string of the molecule is COCC1(C(=O)N2CCOC(C)(CNC(=O)CCc3cscn3)C2)CCC1. The van der Waals surface area contributed by atoms with Crippen LogP contribution in [0.5, 0.6) is 0 Å². The molecule has 1 aromatic heterocycles. The quantitative estimate of drug-likeness (QED) is 0.724. The van der Waals surface area contributed by atoms with Gasteiger partial charge in [-0.2, -0.15) is 0 Å². The normalized spacial score (nSPS) is 24.3. The standard InChI is InChI=1S/C19H29N3O4S/c1-18(11-20-16(23)5-4-15-10-27-14-21-15)12-22(8-9-26-18)17(24)19(13-25-2)6-3-7-19/h10,14H,3-9,11-13H2,1-2H3,(H,20,23). The third-order valence-electron chi connectivity index (χ3n) is 5.56. The molecule has 2 fully saturated rings. The Morgan fingerprint density at radius 3 is 2.89 bits per heavy atom. The van der Waals surface area contributed by atoms with Crippen LogP contribution in [-0.4, -0.2) is 67.3 Å². The Kier molecular flexibility index (Phi) is 6.49. The fourth-order valence-corrected chi connectivity index (χ4v) is 4.42. The fourth-order valence-electron chi connectivity index (χ4n) is 3.82. The summed E-state index contributed by atoms with van der Waals surface area (Å²) >= 11 is 1.53. The molecule has 1 unspecified atom stereocenters. The number of ether oxygens (including phenoxy) is 2. The van der Waals surface area contributed by atoms with Crippen LogP contribution in [0.1, 0.15) is 38.3 Å². The Bertz CT molecular complexity index is 647. The number of hydrogen-bond donors (Lipinski definition) is 1. The van der Waals surface area contributed by atoms with Gasteiger partial charge in [-0.1, -0.05) is 6.42 Å². The van der Waals surface area contributed by atoms with E-state index in [-0.39, 0.29) is 17.2 Å². The average molecular weight is 396 g/mol. The van der Waals surface area contributed by atoms with Gasteiger partial charge in [-0.25, -0.2) is 4.98 Å². The van der Waals surface area contributed by atoms with E-state index in [2.05, 4.69) is 10.3 Å². The van der Waals surface area contributed by atoms with Crippen molar-refractivity contribution in [2.45, 2.75) is 44.6 Å². The van der Waals surface area contributed by atoms with Crippen LogP contribution in [0.2, 0.25) is 0 Å². The molecule has 1 saturated heterocycles. The maximum atomic E-state index is 13.0. The smallest absolute Gasteiger partial charge is 0.231 e. The van der Waals surface area contributed by atoms with Crippen LogP contribution in [0.3, 0.4) is 0 Å². The molecule has 1 aliphatic heterocycles. The number of carbonyl (C=O) groups is 2. The van der Waals surface area contributed by atoms with Crippen LogP contribution in [0.15, 0.2) is 10.9 Å². The monoisotopic (exact) mass is 395 g/mol. The number of amides is 2. The van der Waals surface area contributed by atoms with Crippen LogP contribution in [-0.2, 0) is 25.5 Å². The van der Waals surface area contributed by atoms with Gasteiger partial charge in [0, 0.05) is 32.0 Å². The van der Waals surface area contributed by atoms with Crippen molar-refractivity contribution >= 4 is 23.2 Å². The van der Waals surface area contributed by atoms with Crippen molar-refractivity contribution in [2.24, 2.45) is 5.41 Å². The van der Waals surface area contributed by atoms with Crippen molar-refractivity contribution in [2.75, 3.05) is 40.0 Å². The molecule has 3 rings (SSSR count). The highest BCUT2D eigenvalue weighted by molar-refractivity contribution is 7.07. The number of morpholine rings is 1. The molecule has 1 saturated carbocycles. The van der Waals surface area contributed by atoms with Gasteiger partial charge >= 0.3 is 0 Å². The van der Waals surface area contributed by atoms with Gasteiger partial charge in [-0.15, -0.1) is 11.3 Å². The number of aromatic nitrogens is 1. The number of thiazole rings is 1. The molecule has 1 atom stereocenters. The van der Waals surface area contributed by atoms with Crippen molar-refractivity contribution in [3.8, 4) is 0 Å². The molecular weight excluding hydrogens is 366 g/mol. The molecule has 0 radical (unpaired) electrons. The lowest BCUT2D eigenvalue weighted by molar-refractivity contribution is -0.166. The zero-order valence-corrected chi connectivity index (χ0v) is 17.0. The maximum Gasteiger partial charge on any atom is 0.231 e. The molecule has 150 valence electrons. The minimum absolute atomic E-state index is 0.0221. The third kappa shape index (κ3) is 4.86. The first-order chi connectivity index (χ1) is 13.0. The first kappa shape index (κ1) is 20.2. The van der Waals surface area contributed by atoms with E-state index in [0.29, 0.717) is 45.7 Å². The molecule has 0 bridgehead atoms. The fraction of sp³-hybridized carbons (Fsp3) is 0.737. The van der Waals surface area contributed by atoms with Gasteiger partial charge in [0.25, 0.3) is 0 Å². The van der Waals surface area contributed by atoms with Gasteiger partial charge in [-0.05, 0) is 26.2 Å². The summed E-state index contributed by atoms with van der Waals surface area (Å²) in [6.45, 7) is 4.40. The van der Waals surface area contributed by atoms with Crippen molar-refractivity contribution in [3.05, 3.63) is 16.6 Å². The van der Waals surface area contributed by atoms with E-state index in [1.165, 1.54) is 11.3 Å². The largest absolute Gasteiger partial charge is 0.384 e. The molecule has 7 nitrogen and oxygen atoms in total. The minimum atomic E-state index is -0.567. The van der Waals surface area contributed by atoms with Gasteiger partial charge in [0.15, 0.2) is 0 Å². The first-order valence-corrected chi connectivity index (χ1v) is 10.5. The number of aryl methyl sites for hydroxylation is 1. The van der Waals surface area contributed by atoms with Crippen molar-refractivity contribution < 1.29 is 19.1 Å². The number of rotatable bonds is 8. The summed E-state index contributed by atoms with van der Waals surface area (Å²) in [7, 11) is 1.65. The second-order valence-electron chi connectivity index (χ2n) is 7.85. The van der Waals surface area contributed by atoms with Gasteiger partial charge in [0.05, 0.1) is 36.4 Å². The summed E-state index contributed by atoms with van der Waals surface area (Å²) in [5.74, 6) is 0.145. The molecule has 1 N–H and O–H groups in total. The Balaban J connectivity index is 1.50. The summed E-state index contributed by atoms with van der Waals surface area (Å²) in [4.78, 5) is 31.3. The van der Waals surface area contributed by atoms with Crippen LogP contribution in [0, 0.1) is 5.41 Å². The van der Waals surface area contributed by atoms with E-state index in [1.807, 2.05) is 17.2 Å². The van der Waals surface area contributed by atoms with E-state index in [0.717, 1.165) is 25.0 Å². The van der Waals surface area contributed by atoms with Crippen molar-refractivity contribution in [1.29, 1.82) is 0 Å². The predicted octanol–water partition coefficient (Wildman–Crippen LogP) is 1.63. The lowest BCUT2D eigenvalue weighted by Gasteiger charge is -2.47. The summed E-state index contributed by atoms with van der Waals surface area (Å²) in [5, 5.41) is 4.91. The Labute approximate surface area is 164 Å². The Morgan fingerprint density at radius 1 is 1.44 bits per heavy atom. The Hall–Kier alpha value is -1.51. The molecule has 27 heavy (non-hydrogen) atoms. The molecule has 8 heteroatoms. The molecular formula is C19H29N3O4S. The second-order valence-corrected chi connectivity index (χ2v) is 8.57. The summed E-state index contributed by atoms with van der Waals surface area (Å²) in [6.07, 6.45) is 3.89. The van der Waals surface area contributed by atoms with E-state index in [4.69, 9.17) is 9.47 Å². The average Bonchev–Trinajstić information content (AvgIpc) is 3.14. The van der Waals surface area contributed by atoms with Crippen LogP contribution >= 0.6 is 11.3 Å². The zero-order valence-electron chi connectivity index (χ0n) is 16.2. The third-order valence-corrected chi connectivity index (χ3v) is 6.20.